The Labute approximate surface area is 140 Å². The molecule has 4 aromatic heterocycles. The third-order valence-corrected chi connectivity index (χ3v) is 6.17. The Morgan fingerprint density at radius 2 is 2.14 bits per heavy atom. The molecule has 5 nitrogen and oxygen atoms in total. The molecule has 0 aliphatic rings. The van der Waals surface area contributed by atoms with Gasteiger partial charge in [0.15, 0.2) is 5.82 Å². The van der Waals surface area contributed by atoms with E-state index in [1.54, 1.807) is 34.0 Å². The van der Waals surface area contributed by atoms with E-state index in [4.69, 9.17) is 0 Å². The van der Waals surface area contributed by atoms with E-state index in [9.17, 15) is 0 Å². The van der Waals surface area contributed by atoms with Crippen LogP contribution in [0.4, 0.5) is 0 Å². The van der Waals surface area contributed by atoms with Crippen molar-refractivity contribution in [1.82, 2.24) is 24.8 Å². The first-order valence-electron chi connectivity index (χ1n) is 6.07. The van der Waals surface area contributed by atoms with Crippen LogP contribution >= 0.6 is 49.9 Å². The third kappa shape index (κ3) is 2.54. The van der Waals surface area contributed by atoms with Gasteiger partial charge in [0, 0.05) is 11.8 Å². The molecule has 4 heterocycles. The van der Waals surface area contributed by atoms with Crippen molar-refractivity contribution in [3.8, 4) is 10.7 Å². The lowest BCUT2D eigenvalue weighted by Gasteiger charge is -1.91. The highest BCUT2D eigenvalue weighted by Crippen LogP contribution is 2.31. The quantitative estimate of drug-likeness (QED) is 0.523. The maximum absolute atomic E-state index is 4.63. The molecule has 0 aliphatic heterocycles. The first-order valence-corrected chi connectivity index (χ1v) is 9.37. The molecule has 0 unspecified atom stereocenters. The van der Waals surface area contributed by atoms with Gasteiger partial charge in [-0.05, 0) is 35.0 Å². The molecule has 106 valence electrons. The van der Waals surface area contributed by atoms with Gasteiger partial charge < -0.3 is 0 Å². The molecule has 4 aromatic rings. The zero-order valence-corrected chi connectivity index (χ0v) is 14.8. The van der Waals surface area contributed by atoms with E-state index in [-0.39, 0.29) is 0 Å². The van der Waals surface area contributed by atoms with E-state index in [0.29, 0.717) is 0 Å². The Morgan fingerprint density at radius 1 is 1.24 bits per heavy atom. The van der Waals surface area contributed by atoms with E-state index in [1.807, 2.05) is 23.6 Å². The summed E-state index contributed by atoms with van der Waals surface area (Å²) in [5.74, 6) is 0.789. The average molecular weight is 398 g/mol. The van der Waals surface area contributed by atoms with Crippen LogP contribution in [0.15, 0.2) is 21.3 Å². The first kappa shape index (κ1) is 13.5. The highest BCUT2D eigenvalue weighted by molar-refractivity contribution is 9.11. The second-order valence-corrected chi connectivity index (χ2v) is 8.92. The number of hydrogen-bond acceptors (Lipinski definition) is 7. The van der Waals surface area contributed by atoms with Crippen molar-refractivity contribution >= 4 is 54.9 Å². The Morgan fingerprint density at radius 3 is 2.86 bits per heavy atom. The molecular formula is C12H8BrN5S3. The van der Waals surface area contributed by atoms with E-state index < -0.39 is 0 Å². The summed E-state index contributed by atoms with van der Waals surface area (Å²) in [5, 5.41) is 17.2. The maximum Gasteiger partial charge on any atom is 0.235 e. The van der Waals surface area contributed by atoms with Gasteiger partial charge in [0.25, 0.3) is 0 Å². The fourth-order valence-corrected chi connectivity index (χ4v) is 4.78. The van der Waals surface area contributed by atoms with Crippen molar-refractivity contribution in [3.05, 3.63) is 37.0 Å². The Hall–Kier alpha value is -1.16. The van der Waals surface area contributed by atoms with Gasteiger partial charge in [-0.2, -0.15) is 9.61 Å². The minimum absolute atomic E-state index is 0.742. The molecule has 0 saturated heterocycles. The molecule has 0 aromatic carbocycles. The number of halogens is 1. The standard InChI is InChI=1S/C12H8BrN5S3/c1-6-14-7(5-19-6)4-10-17-18-11(15-16-12(18)21-10)8-2-3-9(13)20-8/h2-3,5H,4H2,1H3. The fraction of sp³-hybridized carbons (Fsp3) is 0.167. The van der Waals surface area contributed by atoms with Crippen LogP contribution in [0.5, 0.6) is 0 Å². The van der Waals surface area contributed by atoms with Crippen molar-refractivity contribution in [2.45, 2.75) is 13.3 Å². The van der Waals surface area contributed by atoms with Crippen LogP contribution in [-0.4, -0.2) is 24.8 Å². The number of rotatable bonds is 3. The van der Waals surface area contributed by atoms with Crippen LogP contribution in [0.1, 0.15) is 15.7 Å². The monoisotopic (exact) mass is 397 g/mol. The third-order valence-electron chi connectivity index (χ3n) is 2.83. The molecule has 0 spiro atoms. The van der Waals surface area contributed by atoms with Crippen molar-refractivity contribution in [3.63, 3.8) is 0 Å². The molecule has 0 aliphatic carbocycles. The second-order valence-electron chi connectivity index (χ2n) is 4.35. The summed E-state index contributed by atoms with van der Waals surface area (Å²) in [5.41, 5.74) is 1.06. The number of fused-ring (bicyclic) bond motifs is 1. The van der Waals surface area contributed by atoms with Crippen molar-refractivity contribution in [2.24, 2.45) is 0 Å². The van der Waals surface area contributed by atoms with Crippen LogP contribution in [0, 0.1) is 6.92 Å². The van der Waals surface area contributed by atoms with E-state index in [1.165, 1.54) is 0 Å². The molecule has 0 bridgehead atoms. The predicted octanol–water partition coefficient (Wildman–Crippen LogP) is 4.03. The number of aryl methyl sites for hydroxylation is 1. The van der Waals surface area contributed by atoms with Crippen molar-refractivity contribution < 1.29 is 0 Å². The van der Waals surface area contributed by atoms with Crippen molar-refractivity contribution in [2.75, 3.05) is 0 Å². The van der Waals surface area contributed by atoms with Gasteiger partial charge in [-0.1, -0.05) is 11.3 Å². The number of thiazole rings is 1. The van der Waals surface area contributed by atoms with Gasteiger partial charge in [0.05, 0.1) is 19.4 Å². The Bertz CT molecular complexity index is 918. The smallest absolute Gasteiger partial charge is 0.235 e. The highest BCUT2D eigenvalue weighted by Gasteiger charge is 2.15. The number of aromatic nitrogens is 5. The minimum atomic E-state index is 0.742. The molecule has 0 fully saturated rings. The minimum Gasteiger partial charge on any atom is -0.246 e. The lowest BCUT2D eigenvalue weighted by atomic mass is 10.4. The van der Waals surface area contributed by atoms with E-state index in [0.717, 1.165) is 41.6 Å². The molecular weight excluding hydrogens is 390 g/mol. The highest BCUT2D eigenvalue weighted by atomic mass is 79.9. The largest absolute Gasteiger partial charge is 0.246 e. The molecule has 9 heteroatoms. The lowest BCUT2D eigenvalue weighted by molar-refractivity contribution is 0.910. The Kier molecular flexibility index (Phi) is 3.37. The van der Waals surface area contributed by atoms with Gasteiger partial charge in [-0.15, -0.1) is 32.9 Å². The van der Waals surface area contributed by atoms with Crippen LogP contribution in [0.3, 0.4) is 0 Å². The summed E-state index contributed by atoms with van der Waals surface area (Å²) in [6.07, 6.45) is 0.742. The van der Waals surface area contributed by atoms with Crippen LogP contribution in [0.2, 0.25) is 0 Å². The number of hydrogen-bond donors (Lipinski definition) is 0. The molecule has 0 radical (unpaired) electrons. The van der Waals surface area contributed by atoms with E-state index in [2.05, 4.69) is 41.6 Å². The lowest BCUT2D eigenvalue weighted by Crippen LogP contribution is -1.92. The first-order chi connectivity index (χ1) is 10.2. The number of thiophene rings is 1. The van der Waals surface area contributed by atoms with Gasteiger partial charge in [-0.25, -0.2) is 4.98 Å². The number of nitrogens with zero attached hydrogens (tertiary/aromatic N) is 5. The van der Waals surface area contributed by atoms with Gasteiger partial charge >= 0.3 is 0 Å². The molecule has 4 rings (SSSR count). The summed E-state index contributed by atoms with van der Waals surface area (Å²) < 4.78 is 2.89. The van der Waals surface area contributed by atoms with Crippen molar-refractivity contribution in [1.29, 1.82) is 0 Å². The molecule has 21 heavy (non-hydrogen) atoms. The fourth-order valence-electron chi connectivity index (χ4n) is 1.96. The predicted molar refractivity (Wildman–Crippen MR) is 89.3 cm³/mol. The molecule has 0 N–H and O–H groups in total. The van der Waals surface area contributed by atoms with E-state index >= 15 is 0 Å². The van der Waals surface area contributed by atoms with Crippen LogP contribution in [-0.2, 0) is 6.42 Å². The zero-order valence-electron chi connectivity index (χ0n) is 10.8. The second kappa shape index (κ2) is 5.24. The van der Waals surface area contributed by atoms with Gasteiger partial charge in [0.1, 0.15) is 5.01 Å². The summed E-state index contributed by atoms with van der Waals surface area (Å²) in [7, 11) is 0. The average Bonchev–Trinajstić information content (AvgIpc) is 3.16. The summed E-state index contributed by atoms with van der Waals surface area (Å²) in [6.45, 7) is 2.01. The summed E-state index contributed by atoms with van der Waals surface area (Å²) in [4.78, 5) is 6.35. The van der Waals surface area contributed by atoms with Gasteiger partial charge in [-0.3, -0.25) is 0 Å². The normalized spacial score (nSPS) is 11.5. The summed E-state index contributed by atoms with van der Waals surface area (Å²) in [6, 6.07) is 4.03. The van der Waals surface area contributed by atoms with Crippen LogP contribution in [0.25, 0.3) is 15.7 Å². The van der Waals surface area contributed by atoms with Crippen LogP contribution < -0.4 is 0 Å². The topological polar surface area (TPSA) is 56.0 Å². The molecule has 0 amide bonds. The summed E-state index contributed by atoms with van der Waals surface area (Å²) >= 11 is 8.32. The SMILES string of the molecule is Cc1nc(Cc2nn3c(-c4ccc(Br)s4)nnc3s2)cs1. The molecule has 0 atom stereocenters. The maximum atomic E-state index is 4.63. The molecule has 0 saturated carbocycles. The van der Waals surface area contributed by atoms with Gasteiger partial charge in [0.2, 0.25) is 4.96 Å². The zero-order chi connectivity index (χ0) is 14.4. The Balaban J connectivity index is 1.72.